The molecule has 1 aromatic rings. The molecule has 4 nitrogen and oxygen atoms in total. The molecule has 4 heteroatoms. The van der Waals surface area contributed by atoms with Gasteiger partial charge in [-0.25, -0.2) is 0 Å². The minimum absolute atomic E-state index is 0.343. The van der Waals surface area contributed by atoms with E-state index in [0.717, 1.165) is 38.9 Å². The predicted molar refractivity (Wildman–Crippen MR) is 94.5 cm³/mol. The zero-order valence-electron chi connectivity index (χ0n) is 14.6. The largest absolute Gasteiger partial charge is 0.392 e. The molecule has 0 bridgehead atoms. The van der Waals surface area contributed by atoms with Crippen LogP contribution in [0.3, 0.4) is 0 Å². The smallest absolute Gasteiger partial charge is 0.0639 e. The fraction of sp³-hybridized carbons (Fsp3) is 0.684. The summed E-state index contributed by atoms with van der Waals surface area (Å²) in [6.45, 7) is 8.28. The third-order valence-corrected chi connectivity index (χ3v) is 4.63. The monoisotopic (exact) mass is 320 g/mol. The molecular formula is C19H32N2O2. The first-order chi connectivity index (χ1) is 11.0. The second-order valence-electron chi connectivity index (χ2n) is 6.96. The van der Waals surface area contributed by atoms with Gasteiger partial charge in [0.15, 0.2) is 0 Å². The summed E-state index contributed by atoms with van der Waals surface area (Å²) in [6.07, 6.45) is 2.66. The topological polar surface area (TPSA) is 46.9 Å². The highest BCUT2D eigenvalue weighted by atomic mass is 16.3. The van der Waals surface area contributed by atoms with Crippen LogP contribution < -0.4 is 0 Å². The third-order valence-electron chi connectivity index (χ3n) is 4.63. The van der Waals surface area contributed by atoms with Crippen LogP contribution in [-0.2, 0) is 6.42 Å². The fourth-order valence-electron chi connectivity index (χ4n) is 3.49. The van der Waals surface area contributed by atoms with Gasteiger partial charge in [0, 0.05) is 25.7 Å². The van der Waals surface area contributed by atoms with E-state index in [9.17, 15) is 10.2 Å². The molecule has 1 aliphatic rings. The van der Waals surface area contributed by atoms with E-state index in [0.29, 0.717) is 19.1 Å². The summed E-state index contributed by atoms with van der Waals surface area (Å²) < 4.78 is 0. The minimum atomic E-state index is -0.343. The molecule has 0 radical (unpaired) electrons. The summed E-state index contributed by atoms with van der Waals surface area (Å²) in [5.74, 6) is 0. The van der Waals surface area contributed by atoms with Gasteiger partial charge in [-0.05, 0) is 51.8 Å². The van der Waals surface area contributed by atoms with Crippen LogP contribution in [0.2, 0.25) is 0 Å². The fourth-order valence-corrected chi connectivity index (χ4v) is 3.49. The van der Waals surface area contributed by atoms with Crippen molar-refractivity contribution in [1.82, 2.24) is 9.80 Å². The number of hydrogen-bond acceptors (Lipinski definition) is 4. The normalized spacial score (nSPS) is 19.9. The van der Waals surface area contributed by atoms with Gasteiger partial charge in [-0.1, -0.05) is 30.3 Å². The first-order valence-corrected chi connectivity index (χ1v) is 8.91. The summed E-state index contributed by atoms with van der Waals surface area (Å²) >= 11 is 0. The van der Waals surface area contributed by atoms with Crippen molar-refractivity contribution in [2.24, 2.45) is 0 Å². The van der Waals surface area contributed by atoms with Gasteiger partial charge in [-0.3, -0.25) is 4.90 Å². The van der Waals surface area contributed by atoms with E-state index in [1.54, 1.807) is 0 Å². The molecule has 1 aliphatic heterocycles. The Hall–Kier alpha value is -0.940. The van der Waals surface area contributed by atoms with Crippen molar-refractivity contribution in [3.8, 4) is 0 Å². The Balaban J connectivity index is 1.77. The molecule has 2 atom stereocenters. The highest BCUT2D eigenvalue weighted by molar-refractivity contribution is 5.14. The molecule has 2 rings (SSSR count). The van der Waals surface area contributed by atoms with Crippen LogP contribution in [0.4, 0.5) is 0 Å². The van der Waals surface area contributed by atoms with Gasteiger partial charge in [0.1, 0.15) is 0 Å². The number of nitrogens with zero attached hydrogens (tertiary/aromatic N) is 2. The van der Waals surface area contributed by atoms with Gasteiger partial charge < -0.3 is 15.1 Å². The minimum Gasteiger partial charge on any atom is -0.392 e. The highest BCUT2D eigenvalue weighted by Crippen LogP contribution is 2.18. The Bertz CT molecular complexity index is 418. The van der Waals surface area contributed by atoms with Crippen molar-refractivity contribution >= 4 is 0 Å². The molecular weight excluding hydrogens is 288 g/mol. The maximum Gasteiger partial charge on any atom is 0.0639 e. The van der Waals surface area contributed by atoms with E-state index in [4.69, 9.17) is 0 Å². The van der Waals surface area contributed by atoms with E-state index in [-0.39, 0.29) is 12.2 Å². The third kappa shape index (κ3) is 6.60. The molecule has 0 aliphatic carbocycles. The number of aliphatic hydroxyl groups excluding tert-OH is 2. The number of piperidine rings is 1. The van der Waals surface area contributed by atoms with Crippen LogP contribution in [0, 0.1) is 0 Å². The van der Waals surface area contributed by atoms with Gasteiger partial charge in [0.2, 0.25) is 0 Å². The Labute approximate surface area is 140 Å². The van der Waals surface area contributed by atoms with Crippen LogP contribution in [0.15, 0.2) is 30.3 Å². The zero-order valence-corrected chi connectivity index (χ0v) is 14.6. The summed E-state index contributed by atoms with van der Waals surface area (Å²) in [5.41, 5.74) is 1.40. The Kier molecular flexibility index (Phi) is 7.50. The van der Waals surface area contributed by atoms with Crippen LogP contribution in [0.25, 0.3) is 0 Å². The number of aliphatic hydroxyl groups is 2. The van der Waals surface area contributed by atoms with Crippen LogP contribution in [0.1, 0.15) is 32.3 Å². The molecule has 130 valence electrons. The van der Waals surface area contributed by atoms with E-state index >= 15 is 0 Å². The zero-order chi connectivity index (χ0) is 16.7. The molecule has 23 heavy (non-hydrogen) atoms. The van der Waals surface area contributed by atoms with Crippen molar-refractivity contribution in [3.05, 3.63) is 35.9 Å². The average Bonchev–Trinajstić information content (AvgIpc) is 2.53. The first kappa shape index (κ1) is 18.4. The van der Waals surface area contributed by atoms with Crippen molar-refractivity contribution in [3.63, 3.8) is 0 Å². The van der Waals surface area contributed by atoms with Crippen molar-refractivity contribution in [2.45, 2.75) is 51.4 Å². The Morgan fingerprint density at radius 2 is 1.61 bits per heavy atom. The van der Waals surface area contributed by atoms with Crippen LogP contribution in [-0.4, -0.2) is 71.0 Å². The number of benzene rings is 1. The molecule has 2 unspecified atom stereocenters. The van der Waals surface area contributed by atoms with Gasteiger partial charge in [-0.15, -0.1) is 0 Å². The standard InChI is InChI=1S/C19H32N2O2/c1-16(22)14-21(15-17(2)23)19-9-12-20(13-10-19)11-8-18-6-4-3-5-7-18/h3-7,16-17,19,22-23H,8-15H2,1-2H3. The number of hydrogen-bond donors (Lipinski definition) is 2. The molecule has 0 spiro atoms. The van der Waals surface area contributed by atoms with Crippen LogP contribution in [0.5, 0.6) is 0 Å². The maximum absolute atomic E-state index is 9.69. The summed E-state index contributed by atoms with van der Waals surface area (Å²) in [5, 5.41) is 19.4. The predicted octanol–water partition coefficient (Wildman–Crippen LogP) is 1.76. The number of likely N-dealkylation sites (tertiary alicyclic amines) is 1. The first-order valence-electron chi connectivity index (χ1n) is 8.91. The summed E-state index contributed by atoms with van der Waals surface area (Å²) in [6, 6.07) is 11.1. The lowest BCUT2D eigenvalue weighted by molar-refractivity contribution is 0.0333. The molecule has 0 aromatic heterocycles. The van der Waals surface area contributed by atoms with Gasteiger partial charge in [0.05, 0.1) is 12.2 Å². The molecule has 1 saturated heterocycles. The van der Waals surface area contributed by atoms with E-state index in [2.05, 4.69) is 40.1 Å². The van der Waals surface area contributed by atoms with E-state index in [1.165, 1.54) is 5.56 Å². The van der Waals surface area contributed by atoms with Crippen molar-refractivity contribution in [1.29, 1.82) is 0 Å². The molecule has 0 saturated carbocycles. The van der Waals surface area contributed by atoms with Crippen molar-refractivity contribution < 1.29 is 10.2 Å². The average molecular weight is 320 g/mol. The summed E-state index contributed by atoms with van der Waals surface area (Å²) in [4.78, 5) is 4.80. The maximum atomic E-state index is 9.69. The Morgan fingerprint density at radius 3 is 2.13 bits per heavy atom. The lowest BCUT2D eigenvalue weighted by Gasteiger charge is -2.39. The van der Waals surface area contributed by atoms with Gasteiger partial charge >= 0.3 is 0 Å². The molecule has 1 aromatic carbocycles. The lowest BCUT2D eigenvalue weighted by atomic mass is 10.0. The quantitative estimate of drug-likeness (QED) is 0.766. The highest BCUT2D eigenvalue weighted by Gasteiger charge is 2.25. The second-order valence-corrected chi connectivity index (χ2v) is 6.96. The Morgan fingerprint density at radius 1 is 1.04 bits per heavy atom. The molecule has 0 amide bonds. The number of rotatable bonds is 8. The summed E-state index contributed by atoms with van der Waals surface area (Å²) in [7, 11) is 0. The molecule has 1 fully saturated rings. The van der Waals surface area contributed by atoms with Crippen LogP contribution >= 0.6 is 0 Å². The lowest BCUT2D eigenvalue weighted by Crippen LogP contribution is -2.49. The second kappa shape index (κ2) is 9.38. The van der Waals surface area contributed by atoms with E-state index < -0.39 is 0 Å². The molecule has 1 heterocycles. The van der Waals surface area contributed by atoms with E-state index in [1.807, 2.05) is 13.8 Å². The van der Waals surface area contributed by atoms with Gasteiger partial charge in [0.25, 0.3) is 0 Å². The van der Waals surface area contributed by atoms with Crippen molar-refractivity contribution in [2.75, 3.05) is 32.7 Å². The SMILES string of the molecule is CC(O)CN(CC(C)O)C1CCN(CCc2ccccc2)CC1. The molecule has 2 N–H and O–H groups in total. The van der Waals surface area contributed by atoms with Gasteiger partial charge in [-0.2, -0.15) is 0 Å².